The summed E-state index contributed by atoms with van der Waals surface area (Å²) < 4.78 is 123. The number of halogens is 8. The normalized spacial score (nSPS) is 15.8. The number of hydrogen-bond donors (Lipinski definition) is 0. The topological polar surface area (TPSA) is 18.5 Å². The molecule has 1 atom stereocenters. The van der Waals surface area contributed by atoms with Crippen LogP contribution in [0.3, 0.4) is 0 Å². The lowest BCUT2D eigenvalue weighted by Gasteiger charge is -2.23. The molecule has 1 unspecified atom stereocenters. The van der Waals surface area contributed by atoms with E-state index in [-0.39, 0.29) is 6.10 Å². The molecule has 0 saturated carbocycles. The van der Waals surface area contributed by atoms with Gasteiger partial charge in [0, 0.05) is 12.1 Å². The summed E-state index contributed by atoms with van der Waals surface area (Å²) in [6.45, 7) is 2.02. The van der Waals surface area contributed by atoms with E-state index in [1.54, 1.807) is 0 Å². The van der Waals surface area contributed by atoms with Crippen LogP contribution in [-0.4, -0.2) is 6.10 Å². The van der Waals surface area contributed by atoms with Crippen molar-refractivity contribution in [2.75, 3.05) is 0 Å². The quantitative estimate of drug-likeness (QED) is 0.226. The Bertz CT molecular complexity index is 1310. The lowest BCUT2D eigenvalue weighted by atomic mass is 9.96. The smallest absolute Gasteiger partial charge is 0.429 e. The fourth-order valence-electron chi connectivity index (χ4n) is 4.11. The molecule has 2 nitrogen and oxygen atoms in total. The van der Waals surface area contributed by atoms with Gasteiger partial charge in [0.15, 0.2) is 17.5 Å². The molecular formula is C27H20F8O2. The molecule has 37 heavy (non-hydrogen) atoms. The predicted octanol–water partition coefficient (Wildman–Crippen LogP) is 8.64. The van der Waals surface area contributed by atoms with Crippen molar-refractivity contribution in [3.63, 3.8) is 0 Å². The first-order valence-electron chi connectivity index (χ1n) is 11.4. The molecule has 0 amide bonds. The minimum absolute atomic E-state index is 0.0453. The average Bonchev–Trinajstić information content (AvgIpc) is 2.82. The fraction of sp³-hybridized carbons (Fsp3) is 0.259. The zero-order valence-corrected chi connectivity index (χ0v) is 19.4. The van der Waals surface area contributed by atoms with Crippen molar-refractivity contribution in [1.82, 2.24) is 0 Å². The Morgan fingerprint density at radius 1 is 0.838 bits per heavy atom. The van der Waals surface area contributed by atoms with Crippen LogP contribution in [0.15, 0.2) is 48.7 Å². The maximum Gasteiger partial charge on any atom is 0.429 e. The molecule has 0 N–H and O–H groups in total. The van der Waals surface area contributed by atoms with Gasteiger partial charge in [-0.1, -0.05) is 19.4 Å². The van der Waals surface area contributed by atoms with E-state index in [9.17, 15) is 35.1 Å². The van der Waals surface area contributed by atoms with Crippen molar-refractivity contribution < 1.29 is 44.6 Å². The molecule has 0 radical (unpaired) electrons. The number of allylic oxidation sites excluding steroid dienone is 1. The molecule has 0 aromatic heterocycles. The maximum absolute atomic E-state index is 14.8. The minimum atomic E-state index is -4.33. The second-order valence-electron chi connectivity index (χ2n) is 8.56. The van der Waals surface area contributed by atoms with Crippen LogP contribution < -0.4 is 4.74 Å². The van der Waals surface area contributed by atoms with Gasteiger partial charge in [-0.15, -0.1) is 0 Å². The summed E-state index contributed by atoms with van der Waals surface area (Å²) in [6.07, 6.45) is 0.269. The van der Waals surface area contributed by atoms with Gasteiger partial charge in [-0.05, 0) is 60.2 Å². The van der Waals surface area contributed by atoms with E-state index in [0.717, 1.165) is 25.0 Å². The number of alkyl halides is 2. The van der Waals surface area contributed by atoms with E-state index in [2.05, 4.69) is 4.74 Å². The van der Waals surface area contributed by atoms with Gasteiger partial charge in [0.05, 0.1) is 23.5 Å². The summed E-state index contributed by atoms with van der Waals surface area (Å²) in [7, 11) is 0. The Kier molecular flexibility index (Phi) is 7.47. The number of rotatable bonds is 7. The summed E-state index contributed by atoms with van der Waals surface area (Å²) >= 11 is 0. The summed E-state index contributed by atoms with van der Waals surface area (Å²) in [5, 5.41) is 0. The van der Waals surface area contributed by atoms with Crippen molar-refractivity contribution in [2.24, 2.45) is 0 Å². The largest absolute Gasteiger partial charge is 0.498 e. The lowest BCUT2D eigenvalue weighted by molar-refractivity contribution is -0.187. The van der Waals surface area contributed by atoms with Crippen LogP contribution in [0.5, 0.6) is 5.75 Å². The predicted molar refractivity (Wildman–Crippen MR) is 120 cm³/mol. The Morgan fingerprint density at radius 3 is 2.00 bits per heavy atom. The third-order valence-corrected chi connectivity index (χ3v) is 5.94. The molecule has 1 heterocycles. The Labute approximate surface area is 207 Å². The maximum atomic E-state index is 14.8. The van der Waals surface area contributed by atoms with Gasteiger partial charge in [0.1, 0.15) is 23.2 Å². The number of benzene rings is 3. The van der Waals surface area contributed by atoms with Crippen molar-refractivity contribution in [3.8, 4) is 16.9 Å². The second-order valence-corrected chi connectivity index (χ2v) is 8.56. The summed E-state index contributed by atoms with van der Waals surface area (Å²) in [4.78, 5) is 0. The molecule has 0 spiro atoms. The first-order valence-corrected chi connectivity index (χ1v) is 11.4. The zero-order chi connectivity index (χ0) is 26.9. The standard InChI is InChI=1S/C27H20F8O2/c1-2-3-17-6-4-15(13-36-17)14-5-7-19(20(28)8-14)27(34,35)37-18-11-21(29)25(22(30)12-18)16-9-23(31)26(33)24(32)10-16/h5,7-13,17H,2-4,6H2,1H3. The van der Waals surface area contributed by atoms with Crippen LogP contribution in [0, 0.1) is 34.9 Å². The highest BCUT2D eigenvalue weighted by molar-refractivity contribution is 5.67. The SMILES string of the molecule is CCCC1CCC(c2ccc(C(F)(F)Oc3cc(F)c(-c4cc(F)c(F)c(F)c4)c(F)c3)c(F)c2)=CO1. The minimum Gasteiger partial charge on any atom is -0.498 e. The van der Waals surface area contributed by atoms with Crippen molar-refractivity contribution in [3.05, 3.63) is 94.8 Å². The van der Waals surface area contributed by atoms with Crippen LogP contribution in [0.1, 0.15) is 43.7 Å². The van der Waals surface area contributed by atoms with Gasteiger partial charge < -0.3 is 9.47 Å². The molecule has 3 aromatic carbocycles. The van der Waals surface area contributed by atoms with E-state index in [1.165, 1.54) is 12.3 Å². The molecule has 0 saturated heterocycles. The summed E-state index contributed by atoms with van der Waals surface area (Å²) in [6, 6.07) is 4.33. The van der Waals surface area contributed by atoms with Crippen LogP contribution in [-0.2, 0) is 10.8 Å². The van der Waals surface area contributed by atoms with E-state index >= 15 is 0 Å². The summed E-state index contributed by atoms with van der Waals surface area (Å²) in [5.74, 6) is -10.6. The molecule has 0 fully saturated rings. The van der Waals surface area contributed by atoms with Gasteiger partial charge >= 0.3 is 6.11 Å². The first kappa shape index (κ1) is 26.5. The molecule has 4 rings (SSSR count). The lowest BCUT2D eigenvalue weighted by Crippen LogP contribution is -2.24. The van der Waals surface area contributed by atoms with Crippen molar-refractivity contribution >= 4 is 5.57 Å². The number of ether oxygens (including phenoxy) is 2. The molecule has 3 aromatic rings. The molecular weight excluding hydrogens is 508 g/mol. The third kappa shape index (κ3) is 5.57. The van der Waals surface area contributed by atoms with Crippen LogP contribution >= 0.6 is 0 Å². The highest BCUT2D eigenvalue weighted by Crippen LogP contribution is 2.38. The van der Waals surface area contributed by atoms with E-state index in [4.69, 9.17) is 4.74 Å². The Morgan fingerprint density at radius 2 is 1.46 bits per heavy atom. The van der Waals surface area contributed by atoms with E-state index < -0.39 is 63.5 Å². The van der Waals surface area contributed by atoms with Gasteiger partial charge in [0.25, 0.3) is 0 Å². The number of hydrogen-bond acceptors (Lipinski definition) is 2. The second kappa shape index (κ2) is 10.4. The van der Waals surface area contributed by atoms with Gasteiger partial charge in [-0.3, -0.25) is 0 Å². The van der Waals surface area contributed by atoms with E-state index in [1.807, 2.05) is 6.92 Å². The van der Waals surface area contributed by atoms with E-state index in [0.29, 0.717) is 48.2 Å². The van der Waals surface area contributed by atoms with Gasteiger partial charge in [-0.25, -0.2) is 26.3 Å². The van der Waals surface area contributed by atoms with Crippen LogP contribution in [0.25, 0.3) is 16.7 Å². The Balaban J connectivity index is 1.57. The Hall–Kier alpha value is -3.56. The highest BCUT2D eigenvalue weighted by Gasteiger charge is 2.38. The van der Waals surface area contributed by atoms with Crippen molar-refractivity contribution in [1.29, 1.82) is 0 Å². The average molecular weight is 528 g/mol. The molecule has 0 bridgehead atoms. The zero-order valence-electron chi connectivity index (χ0n) is 19.4. The molecule has 10 heteroatoms. The van der Waals surface area contributed by atoms with Crippen LogP contribution in [0.2, 0.25) is 0 Å². The monoisotopic (exact) mass is 528 g/mol. The fourth-order valence-corrected chi connectivity index (χ4v) is 4.11. The molecule has 0 aliphatic carbocycles. The molecule has 196 valence electrons. The molecule has 1 aliphatic rings. The highest BCUT2D eigenvalue weighted by atomic mass is 19.3. The van der Waals surface area contributed by atoms with Gasteiger partial charge in [-0.2, -0.15) is 8.78 Å². The molecule has 1 aliphatic heterocycles. The van der Waals surface area contributed by atoms with Crippen molar-refractivity contribution in [2.45, 2.75) is 44.8 Å². The van der Waals surface area contributed by atoms with Crippen LogP contribution in [0.4, 0.5) is 35.1 Å². The first-order chi connectivity index (χ1) is 17.5. The summed E-state index contributed by atoms with van der Waals surface area (Å²) in [5.41, 5.74) is -1.89. The third-order valence-electron chi connectivity index (χ3n) is 5.94. The van der Waals surface area contributed by atoms with Gasteiger partial charge in [0.2, 0.25) is 0 Å².